The summed E-state index contributed by atoms with van der Waals surface area (Å²) in [6.45, 7) is 12.5. The van der Waals surface area contributed by atoms with Crippen LogP contribution in [0, 0.1) is 8.78 Å². The predicted octanol–water partition coefficient (Wildman–Crippen LogP) is 8.01. The molecule has 0 radical (unpaired) electrons. The zero-order valence-corrected chi connectivity index (χ0v) is 35.6. The number of nitrogens with one attached hydrogen (secondary N) is 4. The summed E-state index contributed by atoms with van der Waals surface area (Å²) in [7, 11) is 0. The van der Waals surface area contributed by atoms with E-state index in [4.69, 9.17) is 0 Å². The Kier molecular flexibility index (Phi) is 8.83. The fraction of sp³-hybridized carbons (Fsp3) is 0.265. The molecule has 0 spiro atoms. The van der Waals surface area contributed by atoms with Crippen LogP contribution in [0.3, 0.4) is 0 Å². The molecule has 0 amide bonds. The maximum absolute atomic E-state index is 11.3. The zero-order valence-electron chi connectivity index (χ0n) is 33.5. The molecule has 5 N–H and O–H groups in total. The quantitative estimate of drug-likeness (QED) is 0.0572. The minimum absolute atomic E-state index is 0.0544. The van der Waals surface area contributed by atoms with Gasteiger partial charge in [-0.2, -0.15) is 0 Å². The fourth-order valence-corrected chi connectivity index (χ4v) is 11.8. The molecule has 3 aliphatic rings. The maximum Gasteiger partial charge on any atom is -0.359 e. The van der Waals surface area contributed by atoms with Crippen molar-refractivity contribution in [1.29, 1.82) is 0 Å². The van der Waals surface area contributed by atoms with Crippen LogP contribution in [0.5, 0.6) is 0 Å². The Labute approximate surface area is 350 Å². The van der Waals surface area contributed by atoms with E-state index in [1.54, 1.807) is 0 Å². The third-order valence-corrected chi connectivity index (χ3v) is 15.1. The summed E-state index contributed by atoms with van der Waals surface area (Å²) in [4.78, 5) is 10.2. The number of nitrogens with zero attached hydrogens (tertiary/aromatic N) is 2. The summed E-state index contributed by atoms with van der Waals surface area (Å²) >= 11 is -1.12. The molecule has 0 fully saturated rings. The smallest absolute Gasteiger partial charge is 0.359 e. The second-order valence-corrected chi connectivity index (χ2v) is 20.3. The van der Waals surface area contributed by atoms with Gasteiger partial charge in [0.2, 0.25) is 0 Å². The average Bonchev–Trinajstić information content (AvgIpc) is 4.01. The number of para-hydroxylation sites is 3. The third-order valence-electron chi connectivity index (χ3n) is 13.5. The van der Waals surface area contributed by atoms with Gasteiger partial charge in [-0.25, -0.2) is 0 Å². The van der Waals surface area contributed by atoms with Crippen molar-refractivity contribution in [3.05, 3.63) is 187 Å². The first-order valence-corrected chi connectivity index (χ1v) is 22.2. The van der Waals surface area contributed by atoms with Gasteiger partial charge in [-0.3, -0.25) is 0 Å². The van der Waals surface area contributed by atoms with Crippen LogP contribution in [-0.4, -0.2) is 18.6 Å². The molecule has 9 heteroatoms. The summed E-state index contributed by atoms with van der Waals surface area (Å²) < 4.78 is 0.970. The van der Waals surface area contributed by atoms with E-state index < -0.39 is 21.5 Å². The monoisotopic (exact) mass is 880 g/mol. The molecule has 2 aromatic heterocycles. The first-order chi connectivity index (χ1) is 27.9. The van der Waals surface area contributed by atoms with E-state index in [0.717, 1.165) is 22.1 Å². The van der Waals surface area contributed by atoms with Crippen LogP contribution in [-0.2, 0) is 29.2 Å². The van der Waals surface area contributed by atoms with E-state index in [9.17, 15) is 10.4 Å². The van der Waals surface area contributed by atoms with Crippen LogP contribution in [0.25, 0.3) is 10.9 Å². The number of halogens is 1. The molecule has 5 heterocycles. The fourth-order valence-electron chi connectivity index (χ4n) is 10.7. The van der Waals surface area contributed by atoms with Crippen molar-refractivity contribution in [2.75, 3.05) is 15.5 Å². The summed E-state index contributed by atoms with van der Waals surface area (Å²) in [6.07, 6.45) is 3.09. The van der Waals surface area contributed by atoms with Gasteiger partial charge in [0.25, 0.3) is 0 Å². The van der Waals surface area contributed by atoms with Gasteiger partial charge < -0.3 is 15.6 Å². The SMILES string of the molecule is CC1(C)c2ccccc2NC1c1ccc(C2Nc3ccccc3C2(C)Cc2ccc3c(C4N(Cc5ccc([I-]N([O-])O)cc5)c5ccccc5C4(C)C)c[nH]c3c2)[nH]1. The molecule has 8 nitrogen and oxygen atoms in total. The molecular weight excluding hydrogens is 831 g/mol. The molecule has 0 aliphatic carbocycles. The second kappa shape index (κ2) is 13.8. The molecule has 5 aromatic carbocycles. The predicted molar refractivity (Wildman–Crippen MR) is 229 cm³/mol. The number of aromatic amines is 2. The second-order valence-electron chi connectivity index (χ2n) is 17.8. The maximum atomic E-state index is 11.3. The average molecular weight is 881 g/mol. The number of hydrogen-bond donors (Lipinski definition) is 5. The van der Waals surface area contributed by atoms with Gasteiger partial charge in [-0.05, 0) is 41.8 Å². The van der Waals surface area contributed by atoms with Crippen LogP contribution in [0.2, 0.25) is 0 Å². The molecule has 4 unspecified atom stereocenters. The minimum atomic E-state index is -1.12. The van der Waals surface area contributed by atoms with Crippen molar-refractivity contribution in [3.8, 4) is 0 Å². The molecule has 0 saturated carbocycles. The number of rotatable bonds is 9. The van der Waals surface area contributed by atoms with Gasteiger partial charge in [0.05, 0.1) is 12.1 Å². The Hall–Kier alpha value is -5.07. The number of aromatic nitrogens is 2. The Morgan fingerprint density at radius 2 is 1.31 bits per heavy atom. The topological polar surface area (TPSA) is 105 Å². The Morgan fingerprint density at radius 3 is 2.03 bits per heavy atom. The minimum Gasteiger partial charge on any atom is -0.359 e. The van der Waals surface area contributed by atoms with Gasteiger partial charge in [-0.1, -0.05) is 57.2 Å². The zero-order chi connectivity index (χ0) is 40.0. The van der Waals surface area contributed by atoms with E-state index in [0.29, 0.717) is 0 Å². The first kappa shape index (κ1) is 37.2. The van der Waals surface area contributed by atoms with Gasteiger partial charge in [0.1, 0.15) is 0 Å². The standard InChI is InChI=1S/C49H49IN6O2/c1-47(2)35-12-6-9-15-38(35)53-44(47)40-24-25-41(52-40)45-49(5,36-13-7-10-16-39(36)54-45)27-31-20-23-33-34(28-51-42(33)26-31)46-48(3,4)37-14-8-11-17-43(37)55(46)29-30-18-21-32(22-19-30)50-56(57)58/h6-26,28,44-46,51-54,57H,27,29H2,1-5H3/q-2. The van der Waals surface area contributed by atoms with Crippen molar-refractivity contribution in [3.63, 3.8) is 0 Å². The number of H-pyrrole nitrogens is 2. The molecule has 4 atom stereocenters. The van der Waals surface area contributed by atoms with E-state index in [2.05, 4.69) is 182 Å². The van der Waals surface area contributed by atoms with Crippen molar-refractivity contribution >= 4 is 28.0 Å². The molecule has 296 valence electrons. The third kappa shape index (κ3) is 5.96. The number of hydrogen-bond acceptors (Lipinski definition) is 6. The summed E-state index contributed by atoms with van der Waals surface area (Å²) in [5, 5.41) is 29.6. The van der Waals surface area contributed by atoms with E-state index in [-0.39, 0.29) is 37.8 Å². The van der Waals surface area contributed by atoms with E-state index >= 15 is 0 Å². The van der Waals surface area contributed by atoms with Crippen LogP contribution in [0.4, 0.5) is 17.1 Å². The summed E-state index contributed by atoms with van der Waals surface area (Å²) in [5.41, 5.74) is 14.6. The first-order valence-electron chi connectivity index (χ1n) is 20.2. The molecular formula is C49H49IN6O2-2. The Balaban J connectivity index is 0.966. The van der Waals surface area contributed by atoms with Gasteiger partial charge in [0.15, 0.2) is 0 Å². The van der Waals surface area contributed by atoms with E-state index in [1.807, 2.05) is 12.1 Å². The summed E-state index contributed by atoms with van der Waals surface area (Å²) in [5.74, 6) is 0. The van der Waals surface area contributed by atoms with Gasteiger partial charge in [0, 0.05) is 33.6 Å². The van der Waals surface area contributed by atoms with Crippen LogP contribution in [0.15, 0.2) is 134 Å². The molecule has 10 rings (SSSR count). The number of benzene rings is 5. The molecule has 3 aliphatic heterocycles. The largest absolute Gasteiger partial charge is 0.359 e. The van der Waals surface area contributed by atoms with E-state index in [1.165, 1.54) is 67.2 Å². The number of anilines is 3. The van der Waals surface area contributed by atoms with Gasteiger partial charge >= 0.3 is 192 Å². The number of fused-ring (bicyclic) bond motifs is 4. The molecule has 58 heavy (non-hydrogen) atoms. The van der Waals surface area contributed by atoms with Crippen molar-refractivity contribution in [1.82, 2.24) is 13.4 Å². The molecule has 0 saturated heterocycles. The van der Waals surface area contributed by atoms with Crippen molar-refractivity contribution in [2.45, 2.75) is 82.0 Å². The van der Waals surface area contributed by atoms with Gasteiger partial charge in [-0.15, -0.1) is 0 Å². The summed E-state index contributed by atoms with van der Waals surface area (Å²) in [6, 6.07) is 46.3. The van der Waals surface area contributed by atoms with Crippen LogP contribution < -0.4 is 37.0 Å². The Morgan fingerprint density at radius 1 is 0.690 bits per heavy atom. The van der Waals surface area contributed by atoms with Crippen molar-refractivity contribution < 1.29 is 26.7 Å². The molecule has 7 aromatic rings. The van der Waals surface area contributed by atoms with Crippen molar-refractivity contribution in [2.24, 2.45) is 0 Å². The van der Waals surface area contributed by atoms with Crippen LogP contribution in [0.1, 0.15) is 97.5 Å². The normalized spacial score (nSPS) is 22.6. The van der Waals surface area contributed by atoms with Crippen LogP contribution >= 0.6 is 0 Å². The molecule has 0 bridgehead atoms. The Bertz CT molecular complexity index is 2660.